The highest BCUT2D eigenvalue weighted by molar-refractivity contribution is 6.05. The van der Waals surface area contributed by atoms with Crippen LogP contribution >= 0.6 is 0 Å². The molecule has 0 saturated carbocycles. The van der Waals surface area contributed by atoms with E-state index in [4.69, 9.17) is 5.11 Å². The van der Waals surface area contributed by atoms with Crippen molar-refractivity contribution in [2.75, 3.05) is 5.32 Å². The molecule has 0 heterocycles. The molecule has 0 bridgehead atoms. The number of carboxylic acids is 1. The van der Waals surface area contributed by atoms with Crippen LogP contribution in [0.3, 0.4) is 0 Å². The van der Waals surface area contributed by atoms with Crippen LogP contribution in [-0.4, -0.2) is 17.0 Å². The van der Waals surface area contributed by atoms with Crippen LogP contribution in [0, 0.1) is 17.5 Å². The van der Waals surface area contributed by atoms with Gasteiger partial charge in [-0.25, -0.2) is 18.0 Å². The van der Waals surface area contributed by atoms with Gasteiger partial charge >= 0.3 is 5.97 Å². The van der Waals surface area contributed by atoms with Crippen molar-refractivity contribution >= 4 is 17.6 Å². The zero-order chi connectivity index (χ0) is 15.6. The van der Waals surface area contributed by atoms with Gasteiger partial charge in [0.05, 0.1) is 11.3 Å². The number of amides is 1. The van der Waals surface area contributed by atoms with Crippen LogP contribution in [0.15, 0.2) is 36.4 Å². The molecule has 0 aliphatic rings. The summed E-state index contributed by atoms with van der Waals surface area (Å²) in [6.07, 6.45) is 0. The lowest BCUT2D eigenvalue weighted by atomic mass is 10.1. The van der Waals surface area contributed by atoms with Crippen LogP contribution < -0.4 is 5.32 Å². The first-order valence-corrected chi connectivity index (χ1v) is 5.68. The Labute approximate surface area is 116 Å². The second kappa shape index (κ2) is 5.66. The Morgan fingerprint density at radius 1 is 0.952 bits per heavy atom. The second-order valence-electron chi connectivity index (χ2n) is 4.06. The number of carbonyl (C=O) groups is 2. The van der Waals surface area contributed by atoms with Crippen LogP contribution in [0.5, 0.6) is 0 Å². The topological polar surface area (TPSA) is 66.4 Å². The Hall–Kier alpha value is -2.83. The Morgan fingerprint density at radius 2 is 1.62 bits per heavy atom. The summed E-state index contributed by atoms with van der Waals surface area (Å²) in [4.78, 5) is 22.6. The van der Waals surface area contributed by atoms with Gasteiger partial charge in [0.25, 0.3) is 5.91 Å². The molecule has 0 saturated heterocycles. The Bertz CT molecular complexity index is 731. The third kappa shape index (κ3) is 3.02. The summed E-state index contributed by atoms with van der Waals surface area (Å²) in [5.74, 6) is -6.69. The summed E-state index contributed by atoms with van der Waals surface area (Å²) in [6.45, 7) is 0. The fourth-order valence-corrected chi connectivity index (χ4v) is 1.61. The summed E-state index contributed by atoms with van der Waals surface area (Å²) in [5.41, 5.74) is -0.730. The summed E-state index contributed by atoms with van der Waals surface area (Å²) in [5, 5.41) is 10.9. The lowest BCUT2D eigenvalue weighted by Crippen LogP contribution is -2.14. The number of benzene rings is 2. The lowest BCUT2D eigenvalue weighted by Gasteiger charge is -2.07. The van der Waals surface area contributed by atoms with E-state index < -0.39 is 35.0 Å². The highest BCUT2D eigenvalue weighted by atomic mass is 19.2. The molecule has 0 unspecified atom stereocenters. The monoisotopic (exact) mass is 295 g/mol. The fourth-order valence-electron chi connectivity index (χ4n) is 1.61. The normalized spacial score (nSPS) is 10.2. The van der Waals surface area contributed by atoms with E-state index in [0.717, 1.165) is 12.1 Å². The molecule has 0 aliphatic carbocycles. The zero-order valence-corrected chi connectivity index (χ0v) is 10.4. The number of hydrogen-bond acceptors (Lipinski definition) is 2. The molecule has 4 nitrogen and oxygen atoms in total. The smallest absolute Gasteiger partial charge is 0.335 e. The molecule has 0 aromatic heterocycles. The van der Waals surface area contributed by atoms with Crippen molar-refractivity contribution in [2.45, 2.75) is 0 Å². The quantitative estimate of drug-likeness (QED) is 0.855. The highest BCUT2D eigenvalue weighted by Gasteiger charge is 2.16. The van der Waals surface area contributed by atoms with Crippen molar-refractivity contribution in [3.05, 3.63) is 65.0 Å². The van der Waals surface area contributed by atoms with Gasteiger partial charge < -0.3 is 10.4 Å². The van der Waals surface area contributed by atoms with Gasteiger partial charge in [-0.3, -0.25) is 4.79 Å². The number of rotatable bonds is 3. The van der Waals surface area contributed by atoms with Gasteiger partial charge in [-0.15, -0.1) is 0 Å². The molecule has 7 heteroatoms. The van der Waals surface area contributed by atoms with E-state index in [-0.39, 0.29) is 11.1 Å². The molecule has 0 radical (unpaired) electrons. The van der Waals surface area contributed by atoms with Gasteiger partial charge in [0.15, 0.2) is 17.5 Å². The van der Waals surface area contributed by atoms with Crippen LogP contribution in [0.2, 0.25) is 0 Å². The molecule has 2 rings (SSSR count). The minimum absolute atomic E-state index is 0.0565. The summed E-state index contributed by atoms with van der Waals surface area (Å²) < 4.78 is 39.2. The Kier molecular flexibility index (Phi) is 3.93. The van der Waals surface area contributed by atoms with Crippen LogP contribution in [0.25, 0.3) is 0 Å². The summed E-state index contributed by atoms with van der Waals surface area (Å²) >= 11 is 0. The maximum Gasteiger partial charge on any atom is 0.335 e. The second-order valence-corrected chi connectivity index (χ2v) is 4.06. The van der Waals surface area contributed by atoms with Crippen LogP contribution in [-0.2, 0) is 0 Å². The number of carboxylic acid groups (broad SMARTS) is 1. The molecule has 2 N–H and O–H groups in total. The number of anilines is 1. The third-order valence-electron chi connectivity index (χ3n) is 2.66. The lowest BCUT2D eigenvalue weighted by molar-refractivity contribution is 0.0697. The first-order valence-electron chi connectivity index (χ1n) is 5.68. The van der Waals surface area contributed by atoms with Crippen molar-refractivity contribution in [3.8, 4) is 0 Å². The van der Waals surface area contributed by atoms with Gasteiger partial charge in [-0.05, 0) is 30.3 Å². The van der Waals surface area contributed by atoms with E-state index in [9.17, 15) is 22.8 Å². The molecule has 2 aromatic rings. The van der Waals surface area contributed by atoms with Gasteiger partial charge in [-0.1, -0.05) is 6.07 Å². The van der Waals surface area contributed by atoms with E-state index in [1.54, 1.807) is 0 Å². The average Bonchev–Trinajstić information content (AvgIpc) is 2.48. The first kappa shape index (κ1) is 14.6. The minimum atomic E-state index is -1.70. The van der Waals surface area contributed by atoms with Gasteiger partial charge in [0.1, 0.15) is 0 Å². The van der Waals surface area contributed by atoms with E-state index in [1.165, 1.54) is 18.2 Å². The SMILES string of the molecule is O=C(O)c1cccc(C(=O)Nc2ccc(F)c(F)c2F)c1. The Balaban J connectivity index is 2.28. The maximum atomic E-state index is 13.4. The third-order valence-corrected chi connectivity index (χ3v) is 2.66. The van der Waals surface area contributed by atoms with E-state index in [0.29, 0.717) is 6.07 Å². The van der Waals surface area contributed by atoms with E-state index in [2.05, 4.69) is 0 Å². The molecule has 21 heavy (non-hydrogen) atoms. The molecule has 0 fully saturated rings. The fraction of sp³-hybridized carbons (Fsp3) is 0. The molecular weight excluding hydrogens is 287 g/mol. The van der Waals surface area contributed by atoms with Crippen molar-refractivity contribution in [1.82, 2.24) is 0 Å². The summed E-state index contributed by atoms with van der Waals surface area (Å²) in [6, 6.07) is 6.53. The average molecular weight is 295 g/mol. The minimum Gasteiger partial charge on any atom is -0.478 e. The molecule has 108 valence electrons. The van der Waals surface area contributed by atoms with Gasteiger partial charge in [0, 0.05) is 5.56 Å². The summed E-state index contributed by atoms with van der Waals surface area (Å²) in [7, 11) is 0. The molecule has 1 amide bonds. The number of carbonyl (C=O) groups excluding carboxylic acids is 1. The Morgan fingerprint density at radius 3 is 2.29 bits per heavy atom. The maximum absolute atomic E-state index is 13.4. The zero-order valence-electron chi connectivity index (χ0n) is 10.4. The molecule has 0 spiro atoms. The van der Waals surface area contributed by atoms with Crippen LogP contribution in [0.4, 0.5) is 18.9 Å². The van der Waals surface area contributed by atoms with Crippen molar-refractivity contribution in [2.24, 2.45) is 0 Å². The van der Waals surface area contributed by atoms with Crippen molar-refractivity contribution < 1.29 is 27.9 Å². The number of hydrogen-bond donors (Lipinski definition) is 2. The molecule has 0 aliphatic heterocycles. The predicted molar refractivity (Wildman–Crippen MR) is 67.7 cm³/mol. The van der Waals surface area contributed by atoms with E-state index in [1.807, 2.05) is 5.32 Å². The largest absolute Gasteiger partial charge is 0.478 e. The standard InChI is InChI=1S/C14H8F3NO3/c15-9-4-5-10(12(17)11(9)16)18-13(19)7-2-1-3-8(6-7)14(20)21/h1-6H,(H,18,19)(H,20,21). The first-order chi connectivity index (χ1) is 9.90. The van der Waals surface area contributed by atoms with Crippen LogP contribution in [0.1, 0.15) is 20.7 Å². The molecule has 2 aromatic carbocycles. The van der Waals surface area contributed by atoms with Gasteiger partial charge in [-0.2, -0.15) is 0 Å². The van der Waals surface area contributed by atoms with E-state index >= 15 is 0 Å². The predicted octanol–water partition coefficient (Wildman–Crippen LogP) is 3.05. The number of halogens is 3. The van der Waals surface area contributed by atoms with Crippen molar-refractivity contribution in [3.63, 3.8) is 0 Å². The number of aromatic carboxylic acids is 1. The van der Waals surface area contributed by atoms with Gasteiger partial charge in [0.2, 0.25) is 0 Å². The molecular formula is C14H8F3NO3. The van der Waals surface area contributed by atoms with Crippen molar-refractivity contribution in [1.29, 1.82) is 0 Å². The number of nitrogens with one attached hydrogen (secondary N) is 1. The molecule has 0 atom stereocenters. The highest BCUT2D eigenvalue weighted by Crippen LogP contribution is 2.20.